The topological polar surface area (TPSA) is 49.3 Å². The third kappa shape index (κ3) is 1.46. The van der Waals surface area contributed by atoms with Gasteiger partial charge in [-0.05, 0) is 25.7 Å². The first kappa shape index (κ1) is 9.52. The van der Waals surface area contributed by atoms with Gasteiger partial charge in [0.05, 0.1) is 0 Å². The Balaban J connectivity index is 2.66. The Morgan fingerprint density at radius 3 is 2.58 bits per heavy atom. The first-order valence-electron chi connectivity index (χ1n) is 4.65. The summed E-state index contributed by atoms with van der Waals surface area (Å²) in [5.41, 5.74) is -0.624. The zero-order valence-electron chi connectivity index (χ0n) is 7.76. The summed E-state index contributed by atoms with van der Waals surface area (Å²) in [5.74, 6) is -0.694. The number of aliphatic carboxylic acids is 1. The van der Waals surface area contributed by atoms with E-state index < -0.39 is 11.5 Å². The molecule has 0 unspecified atom stereocenters. The van der Waals surface area contributed by atoms with Crippen LogP contribution in [0.1, 0.15) is 39.5 Å². The average molecular weight is 171 g/mol. The van der Waals surface area contributed by atoms with Crippen molar-refractivity contribution < 1.29 is 9.90 Å². The maximum Gasteiger partial charge on any atom is 0.323 e. The van der Waals surface area contributed by atoms with Crippen molar-refractivity contribution in [3.63, 3.8) is 0 Å². The molecule has 1 rings (SSSR count). The maximum absolute atomic E-state index is 11.0. The van der Waals surface area contributed by atoms with Gasteiger partial charge in [-0.15, -0.1) is 0 Å². The van der Waals surface area contributed by atoms with Crippen LogP contribution in [0.25, 0.3) is 0 Å². The Bertz CT molecular complexity index is 181. The third-order valence-electron chi connectivity index (χ3n) is 2.91. The molecular formula is C9H17NO2. The second-order valence-corrected chi connectivity index (χ2v) is 3.53. The van der Waals surface area contributed by atoms with Gasteiger partial charge in [-0.2, -0.15) is 0 Å². The lowest BCUT2D eigenvalue weighted by Gasteiger charge is -2.23. The van der Waals surface area contributed by atoms with Crippen LogP contribution in [0.15, 0.2) is 0 Å². The van der Waals surface area contributed by atoms with E-state index in [1.807, 2.05) is 6.92 Å². The van der Waals surface area contributed by atoms with E-state index in [4.69, 9.17) is 5.11 Å². The molecule has 0 aromatic rings. The molecule has 3 nitrogen and oxygen atoms in total. The standard InChI is InChI=1S/C9H17NO2/c1-3-7-5-6-9(4-2,10-7)8(11)12/h7,10H,3-6H2,1-2H3,(H,11,12)/t7-,9+/m1/s1. The molecule has 1 aliphatic heterocycles. The van der Waals surface area contributed by atoms with Gasteiger partial charge < -0.3 is 5.11 Å². The lowest BCUT2D eigenvalue weighted by atomic mass is 9.95. The Kier molecular flexibility index (Phi) is 2.73. The minimum Gasteiger partial charge on any atom is -0.480 e. The summed E-state index contributed by atoms with van der Waals surface area (Å²) in [5, 5.41) is 12.2. The van der Waals surface area contributed by atoms with Gasteiger partial charge in [-0.1, -0.05) is 13.8 Å². The summed E-state index contributed by atoms with van der Waals surface area (Å²) in [6, 6.07) is 0.404. The van der Waals surface area contributed by atoms with Crippen LogP contribution >= 0.6 is 0 Å². The van der Waals surface area contributed by atoms with Crippen LogP contribution in [0.5, 0.6) is 0 Å². The molecule has 1 fully saturated rings. The SMILES string of the molecule is CC[C@@H]1CC[C@@](CC)(C(=O)O)N1. The fourth-order valence-electron chi connectivity index (χ4n) is 1.86. The number of carboxylic acid groups (broad SMARTS) is 1. The predicted octanol–water partition coefficient (Wildman–Crippen LogP) is 1.38. The predicted molar refractivity (Wildman–Crippen MR) is 47.1 cm³/mol. The van der Waals surface area contributed by atoms with Crippen molar-refractivity contribution in [3.05, 3.63) is 0 Å². The van der Waals surface area contributed by atoms with Crippen molar-refractivity contribution in [2.75, 3.05) is 0 Å². The quantitative estimate of drug-likeness (QED) is 0.674. The van der Waals surface area contributed by atoms with Crippen molar-refractivity contribution >= 4 is 5.97 Å². The van der Waals surface area contributed by atoms with E-state index in [-0.39, 0.29) is 0 Å². The highest BCUT2D eigenvalue weighted by Gasteiger charge is 2.42. The van der Waals surface area contributed by atoms with Crippen molar-refractivity contribution in [3.8, 4) is 0 Å². The van der Waals surface area contributed by atoms with Gasteiger partial charge >= 0.3 is 5.97 Å². The molecule has 0 radical (unpaired) electrons. The van der Waals surface area contributed by atoms with Crippen LogP contribution in [0, 0.1) is 0 Å². The van der Waals surface area contributed by atoms with Crippen LogP contribution < -0.4 is 5.32 Å². The summed E-state index contributed by atoms with van der Waals surface area (Å²) in [4.78, 5) is 11.0. The van der Waals surface area contributed by atoms with E-state index in [9.17, 15) is 4.79 Å². The summed E-state index contributed by atoms with van der Waals surface area (Å²) >= 11 is 0. The molecule has 0 spiro atoms. The summed E-state index contributed by atoms with van der Waals surface area (Å²) in [7, 11) is 0. The van der Waals surface area contributed by atoms with E-state index in [1.165, 1.54) is 0 Å². The van der Waals surface area contributed by atoms with Gasteiger partial charge in [0.1, 0.15) is 5.54 Å². The zero-order valence-corrected chi connectivity index (χ0v) is 7.76. The average Bonchev–Trinajstić information content (AvgIpc) is 2.48. The lowest BCUT2D eigenvalue weighted by molar-refractivity contribution is -0.144. The van der Waals surface area contributed by atoms with Gasteiger partial charge in [0.25, 0.3) is 0 Å². The Labute approximate surface area is 73.2 Å². The molecule has 1 heterocycles. The number of nitrogens with one attached hydrogen (secondary N) is 1. The van der Waals surface area contributed by atoms with Crippen LogP contribution in [0.3, 0.4) is 0 Å². The van der Waals surface area contributed by atoms with Gasteiger partial charge in [0.2, 0.25) is 0 Å². The summed E-state index contributed by atoms with van der Waals surface area (Å²) < 4.78 is 0. The fourth-order valence-corrected chi connectivity index (χ4v) is 1.86. The smallest absolute Gasteiger partial charge is 0.323 e. The minimum absolute atomic E-state index is 0.404. The Morgan fingerprint density at radius 2 is 2.33 bits per heavy atom. The summed E-state index contributed by atoms with van der Waals surface area (Å²) in [6.45, 7) is 4.02. The van der Waals surface area contributed by atoms with Crippen molar-refractivity contribution in [1.82, 2.24) is 5.32 Å². The first-order chi connectivity index (χ1) is 5.64. The van der Waals surface area contributed by atoms with Crippen LogP contribution in [-0.2, 0) is 4.79 Å². The number of carboxylic acids is 1. The normalized spacial score (nSPS) is 35.3. The molecule has 1 aliphatic rings. The summed E-state index contributed by atoms with van der Waals surface area (Å²) in [6.07, 6.45) is 3.47. The van der Waals surface area contributed by atoms with E-state index in [2.05, 4.69) is 12.2 Å². The maximum atomic E-state index is 11.0. The molecule has 3 heteroatoms. The highest BCUT2D eigenvalue weighted by atomic mass is 16.4. The first-order valence-corrected chi connectivity index (χ1v) is 4.65. The zero-order chi connectivity index (χ0) is 9.19. The molecule has 1 saturated heterocycles. The molecule has 0 aliphatic carbocycles. The molecule has 70 valence electrons. The molecule has 0 saturated carbocycles. The largest absolute Gasteiger partial charge is 0.480 e. The van der Waals surface area contributed by atoms with E-state index in [0.29, 0.717) is 12.5 Å². The highest BCUT2D eigenvalue weighted by Crippen LogP contribution is 2.27. The molecule has 0 bridgehead atoms. The van der Waals surface area contributed by atoms with Crippen molar-refractivity contribution in [2.45, 2.75) is 51.1 Å². The highest BCUT2D eigenvalue weighted by molar-refractivity contribution is 5.79. The Morgan fingerprint density at radius 1 is 1.67 bits per heavy atom. The third-order valence-corrected chi connectivity index (χ3v) is 2.91. The minimum atomic E-state index is -0.694. The molecule has 12 heavy (non-hydrogen) atoms. The Hall–Kier alpha value is -0.570. The van der Waals surface area contributed by atoms with Crippen LogP contribution in [0.2, 0.25) is 0 Å². The number of hydrogen-bond donors (Lipinski definition) is 2. The van der Waals surface area contributed by atoms with Crippen molar-refractivity contribution in [2.24, 2.45) is 0 Å². The van der Waals surface area contributed by atoms with Gasteiger partial charge in [-0.3, -0.25) is 10.1 Å². The number of hydrogen-bond acceptors (Lipinski definition) is 2. The molecule has 0 aromatic heterocycles. The molecule has 2 atom stereocenters. The number of carbonyl (C=O) groups is 1. The second-order valence-electron chi connectivity index (χ2n) is 3.53. The van der Waals surface area contributed by atoms with E-state index in [1.54, 1.807) is 0 Å². The van der Waals surface area contributed by atoms with Crippen LogP contribution in [0.4, 0.5) is 0 Å². The van der Waals surface area contributed by atoms with Crippen molar-refractivity contribution in [1.29, 1.82) is 0 Å². The monoisotopic (exact) mass is 171 g/mol. The molecule has 2 N–H and O–H groups in total. The molecule has 0 amide bonds. The van der Waals surface area contributed by atoms with Gasteiger partial charge in [-0.25, -0.2) is 0 Å². The number of rotatable bonds is 3. The molecular weight excluding hydrogens is 154 g/mol. The fraction of sp³-hybridized carbons (Fsp3) is 0.889. The van der Waals surface area contributed by atoms with E-state index >= 15 is 0 Å². The second kappa shape index (κ2) is 3.44. The van der Waals surface area contributed by atoms with E-state index in [0.717, 1.165) is 19.3 Å². The van der Waals surface area contributed by atoms with Gasteiger partial charge in [0, 0.05) is 6.04 Å². The van der Waals surface area contributed by atoms with Gasteiger partial charge in [0.15, 0.2) is 0 Å². The lowest BCUT2D eigenvalue weighted by Crippen LogP contribution is -2.49. The van der Waals surface area contributed by atoms with Crippen LogP contribution in [-0.4, -0.2) is 22.7 Å². The molecule has 0 aromatic carbocycles.